The van der Waals surface area contributed by atoms with Gasteiger partial charge >= 0.3 is 5.97 Å². The van der Waals surface area contributed by atoms with Crippen LogP contribution in [0.4, 0.5) is 11.4 Å². The molecule has 0 radical (unpaired) electrons. The van der Waals surface area contributed by atoms with E-state index in [-0.39, 0.29) is 24.2 Å². The molecular formula is C24H25ClN4O4. The minimum atomic E-state index is -0.337. The van der Waals surface area contributed by atoms with Crippen molar-refractivity contribution in [1.29, 1.82) is 0 Å². The molecule has 1 aromatic heterocycles. The molecule has 0 saturated carbocycles. The Hall–Kier alpha value is -3.65. The van der Waals surface area contributed by atoms with Gasteiger partial charge in [0.1, 0.15) is 0 Å². The summed E-state index contributed by atoms with van der Waals surface area (Å²) in [6.07, 6.45) is 0.831. The third-order valence-electron chi connectivity index (χ3n) is 5.16. The standard InChI is InChI=1S/C24H25ClN4O4/c1-14-20(10-12-23(31)33-4)15(2)29(28-14)19-8-5-17(6-9-19)24(32)27-22-13-18(26-16(3)30)7-11-21(22)25/h5-9,11,13H,10,12H2,1-4H3,(H,26,30)(H,27,32). The lowest BCUT2D eigenvalue weighted by molar-refractivity contribution is -0.140. The average molecular weight is 469 g/mol. The summed E-state index contributed by atoms with van der Waals surface area (Å²) < 4.78 is 6.51. The van der Waals surface area contributed by atoms with E-state index in [1.807, 2.05) is 13.8 Å². The summed E-state index contributed by atoms with van der Waals surface area (Å²) in [7, 11) is 1.37. The molecule has 8 nitrogen and oxygen atoms in total. The predicted octanol–water partition coefficient (Wildman–Crippen LogP) is 4.46. The van der Waals surface area contributed by atoms with E-state index < -0.39 is 0 Å². The van der Waals surface area contributed by atoms with Gasteiger partial charge in [0.2, 0.25) is 5.91 Å². The number of carbonyl (C=O) groups excluding carboxylic acids is 3. The normalized spacial score (nSPS) is 10.6. The van der Waals surface area contributed by atoms with Gasteiger partial charge in [-0.1, -0.05) is 11.6 Å². The SMILES string of the molecule is COC(=O)CCc1c(C)nn(-c2ccc(C(=O)Nc3cc(NC(C)=O)ccc3Cl)cc2)c1C. The summed E-state index contributed by atoms with van der Waals surface area (Å²) in [4.78, 5) is 35.5. The molecule has 0 atom stereocenters. The molecule has 9 heteroatoms. The molecule has 0 bridgehead atoms. The van der Waals surface area contributed by atoms with E-state index in [0.717, 1.165) is 22.6 Å². The number of hydrogen-bond acceptors (Lipinski definition) is 5. The Morgan fingerprint density at radius 3 is 2.39 bits per heavy atom. The monoisotopic (exact) mass is 468 g/mol. The fraction of sp³-hybridized carbons (Fsp3) is 0.250. The number of nitrogens with one attached hydrogen (secondary N) is 2. The number of anilines is 2. The van der Waals surface area contributed by atoms with Crippen LogP contribution in [0.1, 0.15) is 40.7 Å². The van der Waals surface area contributed by atoms with Crippen molar-refractivity contribution in [3.05, 3.63) is 70.0 Å². The summed E-state index contributed by atoms with van der Waals surface area (Å²) in [5.74, 6) is -0.821. The molecule has 0 aliphatic carbocycles. The first-order chi connectivity index (χ1) is 15.7. The van der Waals surface area contributed by atoms with Crippen LogP contribution in [0.25, 0.3) is 5.69 Å². The van der Waals surface area contributed by atoms with Crippen molar-refractivity contribution in [1.82, 2.24) is 9.78 Å². The highest BCUT2D eigenvalue weighted by atomic mass is 35.5. The van der Waals surface area contributed by atoms with Gasteiger partial charge in [-0.05, 0) is 68.3 Å². The van der Waals surface area contributed by atoms with Crippen LogP contribution in [-0.2, 0) is 20.7 Å². The minimum absolute atomic E-state index is 0.220. The first-order valence-corrected chi connectivity index (χ1v) is 10.7. The first kappa shape index (κ1) is 24.0. The van der Waals surface area contributed by atoms with E-state index in [0.29, 0.717) is 28.4 Å². The Kier molecular flexibility index (Phi) is 7.50. The van der Waals surface area contributed by atoms with Crippen molar-refractivity contribution in [2.24, 2.45) is 0 Å². The Labute approximate surface area is 196 Å². The van der Waals surface area contributed by atoms with Gasteiger partial charge in [0.05, 0.1) is 29.2 Å². The molecule has 0 unspecified atom stereocenters. The number of benzene rings is 2. The number of hydrogen-bond donors (Lipinski definition) is 2. The zero-order valence-electron chi connectivity index (χ0n) is 18.9. The van der Waals surface area contributed by atoms with Gasteiger partial charge in [-0.2, -0.15) is 5.10 Å². The maximum absolute atomic E-state index is 12.7. The lowest BCUT2D eigenvalue weighted by Gasteiger charge is -2.11. The molecule has 3 rings (SSSR count). The Morgan fingerprint density at radius 2 is 1.76 bits per heavy atom. The van der Waals surface area contributed by atoms with Crippen LogP contribution in [0, 0.1) is 13.8 Å². The van der Waals surface area contributed by atoms with E-state index in [2.05, 4.69) is 15.7 Å². The van der Waals surface area contributed by atoms with Gasteiger partial charge in [-0.25, -0.2) is 4.68 Å². The Morgan fingerprint density at radius 1 is 1.06 bits per heavy atom. The highest BCUT2D eigenvalue weighted by molar-refractivity contribution is 6.34. The Bertz CT molecular complexity index is 1200. The van der Waals surface area contributed by atoms with E-state index in [9.17, 15) is 14.4 Å². The molecule has 2 amide bonds. The van der Waals surface area contributed by atoms with Crippen LogP contribution in [0.15, 0.2) is 42.5 Å². The highest BCUT2D eigenvalue weighted by Gasteiger charge is 2.15. The molecule has 0 spiro atoms. The van der Waals surface area contributed by atoms with Crippen LogP contribution in [0.3, 0.4) is 0 Å². The number of aryl methyl sites for hydroxylation is 1. The second-order valence-electron chi connectivity index (χ2n) is 7.51. The molecule has 2 aromatic carbocycles. The largest absolute Gasteiger partial charge is 0.469 e. The number of nitrogens with zero attached hydrogens (tertiary/aromatic N) is 2. The molecule has 172 valence electrons. The molecule has 0 aliphatic rings. The van der Waals surface area contributed by atoms with Crippen LogP contribution >= 0.6 is 11.6 Å². The van der Waals surface area contributed by atoms with Gasteiger partial charge in [0.15, 0.2) is 0 Å². The van der Waals surface area contributed by atoms with Crippen LogP contribution in [0.5, 0.6) is 0 Å². The molecule has 2 N–H and O–H groups in total. The summed E-state index contributed by atoms with van der Waals surface area (Å²) in [5.41, 5.74) is 4.92. The smallest absolute Gasteiger partial charge is 0.305 e. The third kappa shape index (κ3) is 5.78. The van der Waals surface area contributed by atoms with Crippen molar-refractivity contribution in [2.45, 2.75) is 33.6 Å². The molecule has 3 aromatic rings. The number of halogens is 1. The third-order valence-corrected chi connectivity index (χ3v) is 5.49. The molecular weight excluding hydrogens is 444 g/mol. The molecule has 0 saturated heterocycles. The van der Waals surface area contributed by atoms with Gasteiger partial charge in [0, 0.05) is 30.3 Å². The fourth-order valence-corrected chi connectivity index (χ4v) is 3.63. The lowest BCUT2D eigenvalue weighted by atomic mass is 10.1. The second-order valence-corrected chi connectivity index (χ2v) is 7.92. The van der Waals surface area contributed by atoms with Crippen molar-refractivity contribution in [2.75, 3.05) is 17.7 Å². The number of methoxy groups -OCH3 is 1. The van der Waals surface area contributed by atoms with Crippen molar-refractivity contribution < 1.29 is 19.1 Å². The van der Waals surface area contributed by atoms with Gasteiger partial charge in [0.25, 0.3) is 5.91 Å². The van der Waals surface area contributed by atoms with Crippen molar-refractivity contribution in [3.8, 4) is 5.69 Å². The van der Waals surface area contributed by atoms with E-state index in [1.165, 1.54) is 14.0 Å². The number of carbonyl (C=O) groups is 3. The number of esters is 1. The van der Waals surface area contributed by atoms with Gasteiger partial charge < -0.3 is 15.4 Å². The predicted molar refractivity (Wildman–Crippen MR) is 127 cm³/mol. The zero-order chi connectivity index (χ0) is 24.1. The van der Waals surface area contributed by atoms with E-state index >= 15 is 0 Å². The number of amides is 2. The average Bonchev–Trinajstić information content (AvgIpc) is 3.07. The second kappa shape index (κ2) is 10.3. The summed E-state index contributed by atoms with van der Waals surface area (Å²) in [6.45, 7) is 5.24. The molecule has 1 heterocycles. The van der Waals surface area contributed by atoms with Crippen LogP contribution < -0.4 is 10.6 Å². The molecule has 33 heavy (non-hydrogen) atoms. The first-order valence-electron chi connectivity index (χ1n) is 10.3. The fourth-order valence-electron chi connectivity index (χ4n) is 3.47. The van der Waals surface area contributed by atoms with Crippen LogP contribution in [-0.4, -0.2) is 34.7 Å². The van der Waals surface area contributed by atoms with Gasteiger partial charge in [-0.3, -0.25) is 14.4 Å². The maximum Gasteiger partial charge on any atom is 0.305 e. The van der Waals surface area contributed by atoms with Crippen molar-refractivity contribution >= 4 is 40.8 Å². The summed E-state index contributed by atoms with van der Waals surface area (Å²) in [6, 6.07) is 11.8. The quantitative estimate of drug-likeness (QED) is 0.498. The van der Waals surface area contributed by atoms with Gasteiger partial charge in [-0.15, -0.1) is 0 Å². The number of ether oxygens (including phenoxy) is 1. The highest BCUT2D eigenvalue weighted by Crippen LogP contribution is 2.26. The summed E-state index contributed by atoms with van der Waals surface area (Å²) >= 11 is 6.19. The molecule has 0 fully saturated rings. The Balaban J connectivity index is 1.76. The molecule has 0 aliphatic heterocycles. The number of rotatable bonds is 7. The van der Waals surface area contributed by atoms with Crippen molar-refractivity contribution in [3.63, 3.8) is 0 Å². The van der Waals surface area contributed by atoms with Crippen LogP contribution in [0.2, 0.25) is 5.02 Å². The topological polar surface area (TPSA) is 102 Å². The minimum Gasteiger partial charge on any atom is -0.469 e. The summed E-state index contributed by atoms with van der Waals surface area (Å²) in [5, 5.41) is 10.4. The van der Waals surface area contributed by atoms with E-state index in [1.54, 1.807) is 47.1 Å². The zero-order valence-corrected chi connectivity index (χ0v) is 19.6. The van der Waals surface area contributed by atoms with E-state index in [4.69, 9.17) is 16.3 Å². The lowest BCUT2D eigenvalue weighted by Crippen LogP contribution is -2.13. The maximum atomic E-state index is 12.7. The number of aromatic nitrogens is 2.